The minimum absolute atomic E-state index is 0.00164. The molecule has 2 N–H and O–H groups in total. The lowest BCUT2D eigenvalue weighted by Crippen LogP contribution is -2.47. The van der Waals surface area contributed by atoms with Crippen molar-refractivity contribution in [3.8, 4) is 11.5 Å². The molecule has 2 aliphatic rings. The molecule has 1 amide bonds. The van der Waals surface area contributed by atoms with Gasteiger partial charge in [-0.2, -0.15) is 0 Å². The van der Waals surface area contributed by atoms with Crippen LogP contribution in [0.5, 0.6) is 0 Å². The number of nitrogens with zero attached hydrogens (tertiary/aromatic N) is 2. The van der Waals surface area contributed by atoms with E-state index in [1.54, 1.807) is 12.0 Å². The summed E-state index contributed by atoms with van der Waals surface area (Å²) in [6, 6.07) is 3.02. The first-order chi connectivity index (χ1) is 13.4. The van der Waals surface area contributed by atoms with Gasteiger partial charge in [0.25, 0.3) is 0 Å². The van der Waals surface area contributed by atoms with Crippen LogP contribution in [0.25, 0.3) is 11.5 Å². The third kappa shape index (κ3) is 3.66. The maximum absolute atomic E-state index is 13.5. The number of nitrogens with two attached hydrogens (primary N) is 1. The highest BCUT2D eigenvalue weighted by atomic mass is 19.1. The molecule has 1 aliphatic carbocycles. The summed E-state index contributed by atoms with van der Waals surface area (Å²) in [6.45, 7) is 0.854. The Morgan fingerprint density at radius 1 is 1.29 bits per heavy atom. The van der Waals surface area contributed by atoms with Crippen LogP contribution < -0.4 is 5.73 Å². The van der Waals surface area contributed by atoms with Crippen molar-refractivity contribution < 1.29 is 22.7 Å². The van der Waals surface area contributed by atoms with Gasteiger partial charge in [-0.15, -0.1) is 0 Å². The Labute approximate surface area is 161 Å². The zero-order chi connectivity index (χ0) is 19.8. The highest BCUT2D eigenvalue weighted by Crippen LogP contribution is 2.31. The predicted molar refractivity (Wildman–Crippen MR) is 97.1 cm³/mol. The van der Waals surface area contributed by atoms with Gasteiger partial charge >= 0.3 is 0 Å². The number of methoxy groups -OCH3 is 1. The number of benzene rings is 1. The molecule has 8 heteroatoms. The minimum Gasteiger partial charge on any atom is -0.441 e. The van der Waals surface area contributed by atoms with E-state index in [9.17, 15) is 13.6 Å². The van der Waals surface area contributed by atoms with Gasteiger partial charge in [-0.3, -0.25) is 4.79 Å². The molecule has 28 heavy (non-hydrogen) atoms. The Balaban J connectivity index is 1.48. The van der Waals surface area contributed by atoms with E-state index in [1.807, 2.05) is 0 Å². The Bertz CT molecular complexity index is 865. The van der Waals surface area contributed by atoms with Crippen molar-refractivity contribution in [2.24, 2.45) is 11.7 Å². The lowest BCUT2D eigenvalue weighted by molar-refractivity contribution is -0.138. The Kier molecular flexibility index (Phi) is 5.16. The topological polar surface area (TPSA) is 81.6 Å². The zero-order valence-electron chi connectivity index (χ0n) is 15.7. The average Bonchev–Trinajstić information content (AvgIpc) is 3.10. The second-order valence-electron chi connectivity index (χ2n) is 7.50. The summed E-state index contributed by atoms with van der Waals surface area (Å²) >= 11 is 0. The van der Waals surface area contributed by atoms with Gasteiger partial charge in [-0.1, -0.05) is 0 Å². The van der Waals surface area contributed by atoms with Crippen LogP contribution in [0.2, 0.25) is 0 Å². The van der Waals surface area contributed by atoms with Crippen molar-refractivity contribution in [1.29, 1.82) is 0 Å². The maximum Gasteiger partial charge on any atom is 0.226 e. The summed E-state index contributed by atoms with van der Waals surface area (Å²) in [5, 5.41) is 0. The lowest BCUT2D eigenvalue weighted by Gasteiger charge is -2.35. The van der Waals surface area contributed by atoms with E-state index in [2.05, 4.69) is 4.98 Å². The van der Waals surface area contributed by atoms with E-state index in [1.165, 1.54) is 12.1 Å². The number of carbonyl (C=O) groups excluding carboxylic acids is 1. The van der Waals surface area contributed by atoms with Gasteiger partial charge in [-0.25, -0.2) is 13.8 Å². The molecule has 1 saturated carbocycles. The van der Waals surface area contributed by atoms with Gasteiger partial charge < -0.3 is 19.8 Å². The lowest BCUT2D eigenvalue weighted by atomic mass is 9.83. The number of ether oxygens (including phenoxy) is 1. The van der Waals surface area contributed by atoms with Crippen LogP contribution in [-0.2, 0) is 22.5 Å². The van der Waals surface area contributed by atoms with E-state index >= 15 is 0 Å². The molecule has 2 aromatic rings. The summed E-state index contributed by atoms with van der Waals surface area (Å²) < 4.78 is 38.0. The minimum atomic E-state index is -0.689. The fourth-order valence-electron chi connectivity index (χ4n) is 4.14. The molecule has 0 unspecified atom stereocenters. The zero-order valence-corrected chi connectivity index (χ0v) is 15.7. The van der Waals surface area contributed by atoms with E-state index < -0.39 is 11.6 Å². The van der Waals surface area contributed by atoms with Crippen LogP contribution >= 0.6 is 0 Å². The van der Waals surface area contributed by atoms with Gasteiger partial charge in [0.2, 0.25) is 11.8 Å². The molecule has 0 radical (unpaired) electrons. The Morgan fingerprint density at radius 2 is 2.04 bits per heavy atom. The highest BCUT2D eigenvalue weighted by Gasteiger charge is 2.35. The first-order valence-electron chi connectivity index (χ1n) is 9.47. The Hall–Kier alpha value is -2.32. The number of aromatic nitrogens is 1. The summed E-state index contributed by atoms with van der Waals surface area (Å²) in [6.07, 6.45) is 2.65. The molecule has 3 atom stereocenters. The molecule has 2 heterocycles. The number of hydrogen-bond donors (Lipinski definition) is 1. The van der Waals surface area contributed by atoms with Crippen LogP contribution in [0, 0.1) is 17.6 Å². The largest absolute Gasteiger partial charge is 0.441 e. The second kappa shape index (κ2) is 7.60. The number of oxazole rings is 1. The molecule has 150 valence electrons. The third-order valence-corrected chi connectivity index (χ3v) is 5.63. The van der Waals surface area contributed by atoms with Gasteiger partial charge in [-0.05, 0) is 31.4 Å². The molecular weight excluding hydrogens is 368 g/mol. The molecular formula is C20H23F2N3O3. The van der Waals surface area contributed by atoms with Crippen LogP contribution in [0.4, 0.5) is 8.78 Å². The van der Waals surface area contributed by atoms with Crippen LogP contribution in [0.15, 0.2) is 22.6 Å². The monoisotopic (exact) mass is 391 g/mol. The van der Waals surface area contributed by atoms with E-state index in [0.717, 1.165) is 18.9 Å². The van der Waals surface area contributed by atoms with E-state index in [0.29, 0.717) is 37.4 Å². The summed E-state index contributed by atoms with van der Waals surface area (Å²) in [5.74, 6) is -0.607. The van der Waals surface area contributed by atoms with Crippen molar-refractivity contribution >= 4 is 5.91 Å². The fraction of sp³-hybridized carbons (Fsp3) is 0.500. The molecule has 4 rings (SSSR count). The number of carbonyl (C=O) groups is 1. The molecule has 1 aromatic carbocycles. The SMILES string of the molecule is CO[C@@H]1CC[C@H](C(=O)N2CCc3oc(-c4cc(F)cc(F)c4)nc3C2)C[C@H]1N. The molecule has 6 nitrogen and oxygen atoms in total. The first kappa shape index (κ1) is 19.0. The number of halogens is 2. The van der Waals surface area contributed by atoms with Crippen LogP contribution in [0.1, 0.15) is 30.7 Å². The standard InChI is InChI=1S/C20H23F2N3O3/c1-27-17-3-2-11(8-15(17)23)20(26)25-5-4-18-16(10-25)24-19(28-18)12-6-13(21)9-14(22)7-12/h6-7,9,11,15,17H,2-5,8,10,23H2,1H3/t11-,15+,17+/m0/s1. The summed E-state index contributed by atoms with van der Waals surface area (Å²) in [4.78, 5) is 19.1. The molecule has 1 fully saturated rings. The van der Waals surface area contributed by atoms with Gasteiger partial charge in [0.15, 0.2) is 0 Å². The van der Waals surface area contributed by atoms with Gasteiger partial charge in [0, 0.05) is 43.7 Å². The van der Waals surface area contributed by atoms with Crippen LogP contribution in [0.3, 0.4) is 0 Å². The first-order valence-corrected chi connectivity index (χ1v) is 9.47. The molecule has 1 aromatic heterocycles. The quantitative estimate of drug-likeness (QED) is 0.870. The van der Waals surface area contributed by atoms with Crippen molar-refractivity contribution in [2.45, 2.75) is 44.4 Å². The molecule has 0 bridgehead atoms. The second-order valence-corrected chi connectivity index (χ2v) is 7.50. The van der Waals surface area contributed by atoms with Crippen LogP contribution in [-0.4, -0.2) is 41.6 Å². The smallest absolute Gasteiger partial charge is 0.226 e. The average molecular weight is 391 g/mol. The normalized spacial score (nSPS) is 24.9. The van der Waals surface area contributed by atoms with Crippen molar-refractivity contribution in [1.82, 2.24) is 9.88 Å². The fourth-order valence-corrected chi connectivity index (χ4v) is 4.14. The molecule has 0 spiro atoms. The van der Waals surface area contributed by atoms with Gasteiger partial charge in [0.05, 0.1) is 12.6 Å². The summed E-state index contributed by atoms with van der Waals surface area (Å²) in [5.41, 5.74) is 7.01. The van der Waals surface area contributed by atoms with E-state index in [-0.39, 0.29) is 35.4 Å². The number of hydrogen-bond acceptors (Lipinski definition) is 5. The highest BCUT2D eigenvalue weighted by molar-refractivity contribution is 5.79. The Morgan fingerprint density at radius 3 is 2.71 bits per heavy atom. The number of rotatable bonds is 3. The van der Waals surface area contributed by atoms with E-state index in [4.69, 9.17) is 14.9 Å². The number of fused-ring (bicyclic) bond motifs is 1. The van der Waals surface area contributed by atoms with Crippen molar-refractivity contribution in [2.75, 3.05) is 13.7 Å². The van der Waals surface area contributed by atoms with Crippen molar-refractivity contribution in [3.05, 3.63) is 41.3 Å². The third-order valence-electron chi connectivity index (χ3n) is 5.63. The predicted octanol–water partition coefficient (Wildman–Crippen LogP) is 2.65. The summed E-state index contributed by atoms with van der Waals surface area (Å²) in [7, 11) is 1.64. The maximum atomic E-state index is 13.5. The van der Waals surface area contributed by atoms with Crippen molar-refractivity contribution in [3.63, 3.8) is 0 Å². The molecule has 1 aliphatic heterocycles. The van der Waals surface area contributed by atoms with Gasteiger partial charge in [0.1, 0.15) is 23.1 Å². The molecule has 0 saturated heterocycles. The number of amides is 1.